The van der Waals surface area contributed by atoms with Crippen LogP contribution < -0.4 is 15.3 Å². The highest BCUT2D eigenvalue weighted by Gasteiger charge is 2.70. The summed E-state index contributed by atoms with van der Waals surface area (Å²) in [6, 6.07) is 30.6. The van der Waals surface area contributed by atoms with Gasteiger partial charge in [-0.3, -0.25) is 14.7 Å². The van der Waals surface area contributed by atoms with Crippen LogP contribution in [0.2, 0.25) is 0 Å². The molecule has 0 amide bonds. The molecule has 1 atom stereocenters. The molecule has 3 aromatic carbocycles. The lowest BCUT2D eigenvalue weighted by molar-refractivity contribution is -0.383. The van der Waals surface area contributed by atoms with Crippen molar-refractivity contribution >= 4 is 17.9 Å². The molecular formula is C57H80N3O6-3. The van der Waals surface area contributed by atoms with E-state index in [4.69, 9.17) is 0 Å². The molecule has 3 saturated heterocycles. The van der Waals surface area contributed by atoms with E-state index in [-0.39, 0.29) is 32.1 Å². The number of rotatable bonds is 16. The predicted octanol–water partition coefficient (Wildman–Crippen LogP) is 8.03. The zero-order valence-corrected chi connectivity index (χ0v) is 42.5. The van der Waals surface area contributed by atoms with E-state index in [0.717, 1.165) is 16.7 Å². The summed E-state index contributed by atoms with van der Waals surface area (Å²) in [7, 11) is 0. The minimum atomic E-state index is -2.96. The minimum Gasteiger partial charge on any atom is -0.549 e. The average Bonchev–Trinajstić information content (AvgIpc) is 3.20. The Morgan fingerprint density at radius 1 is 0.485 bits per heavy atom. The number of nitrogens with zero attached hydrogens (tertiary/aromatic N) is 3. The van der Waals surface area contributed by atoms with Gasteiger partial charge >= 0.3 is 0 Å². The van der Waals surface area contributed by atoms with Gasteiger partial charge in [0.1, 0.15) is 0 Å². The molecular weight excluding hydrogens is 823 g/mol. The van der Waals surface area contributed by atoms with Crippen LogP contribution in [0.1, 0.15) is 158 Å². The van der Waals surface area contributed by atoms with Crippen LogP contribution in [0, 0.1) is 34.5 Å². The molecule has 3 heterocycles. The maximum Gasteiger partial charge on any atom is 0.0638 e. The molecule has 1 unspecified atom stereocenters. The Bertz CT molecular complexity index is 2010. The fraction of sp³-hybridized carbons (Fsp3) is 0.632. The topological polar surface area (TPSA) is 130 Å². The van der Waals surface area contributed by atoms with Crippen molar-refractivity contribution in [2.75, 3.05) is 0 Å². The molecule has 362 valence electrons. The number of aliphatic carboxylic acids is 3. The van der Waals surface area contributed by atoms with E-state index in [1.807, 2.05) is 61.5 Å². The highest BCUT2D eigenvalue weighted by Crippen LogP contribution is 2.67. The Hall–Kier alpha value is -4.05. The molecule has 3 aliphatic heterocycles. The van der Waals surface area contributed by atoms with E-state index >= 15 is 29.7 Å². The summed E-state index contributed by atoms with van der Waals surface area (Å²) >= 11 is 0. The highest BCUT2D eigenvalue weighted by molar-refractivity contribution is 6.03. The fourth-order valence-corrected chi connectivity index (χ4v) is 15.2. The molecule has 3 aromatic rings. The molecule has 0 saturated carbocycles. The van der Waals surface area contributed by atoms with Gasteiger partial charge in [0.2, 0.25) is 0 Å². The van der Waals surface area contributed by atoms with Crippen molar-refractivity contribution in [2.24, 2.45) is 34.5 Å². The van der Waals surface area contributed by atoms with E-state index in [1.165, 1.54) is 0 Å². The molecule has 9 nitrogen and oxygen atoms in total. The summed E-state index contributed by atoms with van der Waals surface area (Å²) < 4.78 is 0. The third kappa shape index (κ3) is 9.27. The second-order valence-corrected chi connectivity index (χ2v) is 24.4. The number of likely N-dealkylation sites (tertiary alicyclic amines) is 3. The van der Waals surface area contributed by atoms with Gasteiger partial charge in [-0.1, -0.05) is 104 Å². The van der Waals surface area contributed by atoms with Crippen LogP contribution >= 0.6 is 0 Å². The van der Waals surface area contributed by atoms with E-state index in [9.17, 15) is 0 Å². The lowest BCUT2D eigenvalue weighted by atomic mass is 9.40. The second kappa shape index (κ2) is 18.5. The van der Waals surface area contributed by atoms with Crippen LogP contribution in [0.25, 0.3) is 0 Å². The molecule has 9 heteroatoms. The maximum atomic E-state index is 15.4. The third-order valence-corrected chi connectivity index (χ3v) is 17.1. The van der Waals surface area contributed by atoms with Crippen molar-refractivity contribution in [3.8, 4) is 0 Å². The number of carboxylic acids is 3. The standard InChI is InChI=1S/C57H83N3O6/c1-14-24-46(43-31-50(2,3)58(51(4,5)32-43)37-40-25-18-15-19-26-40)57(48(63)64,49(65)66)56(47(61)62,44-33-52(6,7)59(53(8,9)34-44)38-41-27-20-16-21-28-41)45-35-54(10,11)60(55(12,13)36-45)39-42-29-22-17-23-30-42/h15-23,25-30,43-46H,14,24,31-39H2,1-13H3,(H,61,62)(H,63,64)(H,65,66)/p-3. The van der Waals surface area contributed by atoms with Gasteiger partial charge in [0, 0.05) is 64.3 Å². The Labute approximate surface area is 397 Å². The van der Waals surface area contributed by atoms with Crippen LogP contribution in [0.15, 0.2) is 91.0 Å². The third-order valence-electron chi connectivity index (χ3n) is 17.1. The van der Waals surface area contributed by atoms with Crippen LogP contribution in [-0.2, 0) is 34.0 Å². The Balaban J connectivity index is 1.60. The van der Waals surface area contributed by atoms with Crippen LogP contribution in [0.5, 0.6) is 0 Å². The Morgan fingerprint density at radius 2 is 0.758 bits per heavy atom. The van der Waals surface area contributed by atoms with Crippen molar-refractivity contribution in [1.29, 1.82) is 0 Å². The first kappa shape index (κ1) is 51.3. The van der Waals surface area contributed by atoms with Gasteiger partial charge in [0.15, 0.2) is 0 Å². The highest BCUT2D eigenvalue weighted by atomic mass is 16.4. The molecule has 6 rings (SSSR count). The molecule has 0 aromatic heterocycles. The molecule has 0 N–H and O–H groups in total. The lowest BCUT2D eigenvalue weighted by Crippen LogP contribution is -2.78. The summed E-state index contributed by atoms with van der Waals surface area (Å²) in [4.78, 5) is 52.8. The molecule has 0 aliphatic carbocycles. The van der Waals surface area contributed by atoms with E-state index in [2.05, 4.69) is 134 Å². The number of hydrogen-bond acceptors (Lipinski definition) is 9. The monoisotopic (exact) mass is 903 g/mol. The molecule has 3 aliphatic rings. The number of carboxylic acid groups (broad SMARTS) is 3. The van der Waals surface area contributed by atoms with Gasteiger partial charge in [-0.05, 0) is 168 Å². The quantitative estimate of drug-likeness (QED) is 0.131. The van der Waals surface area contributed by atoms with Crippen molar-refractivity contribution in [3.63, 3.8) is 0 Å². The molecule has 3 fully saturated rings. The van der Waals surface area contributed by atoms with Gasteiger partial charge in [0.05, 0.1) is 17.4 Å². The van der Waals surface area contributed by atoms with Crippen LogP contribution in [-0.4, -0.2) is 65.8 Å². The van der Waals surface area contributed by atoms with Crippen LogP contribution in [0.3, 0.4) is 0 Å². The maximum absolute atomic E-state index is 15.4. The SMILES string of the molecule is CCCC(C1CC(C)(C)N(Cc2ccccc2)C(C)(C)C1)C(C(=O)[O-])(C(=O)[O-])C(C(=O)[O-])(C1CC(C)(C)N(Cc2ccccc2)C(C)(C)C1)C1CC(C)(C)N(Cc2ccccc2)C(C)(C)C1. The van der Waals surface area contributed by atoms with E-state index < -0.39 is 85.6 Å². The van der Waals surface area contributed by atoms with Gasteiger partial charge < -0.3 is 29.7 Å². The smallest absolute Gasteiger partial charge is 0.0638 e. The largest absolute Gasteiger partial charge is 0.549 e. The van der Waals surface area contributed by atoms with Gasteiger partial charge in [-0.15, -0.1) is 0 Å². The van der Waals surface area contributed by atoms with Crippen LogP contribution in [0.4, 0.5) is 0 Å². The normalized spacial score (nSPS) is 23.2. The predicted molar refractivity (Wildman–Crippen MR) is 257 cm³/mol. The summed E-state index contributed by atoms with van der Waals surface area (Å²) in [6.45, 7) is 29.1. The lowest BCUT2D eigenvalue weighted by Gasteiger charge is -2.70. The number of benzene rings is 3. The average molecular weight is 903 g/mol. The summed E-state index contributed by atoms with van der Waals surface area (Å²) in [5, 5.41) is 45.6. The summed E-state index contributed by atoms with van der Waals surface area (Å²) in [5.41, 5.74) is -5.90. The van der Waals surface area contributed by atoms with Crippen molar-refractivity contribution in [1.82, 2.24) is 14.7 Å². The zero-order chi connectivity index (χ0) is 48.9. The molecule has 0 radical (unpaired) electrons. The first-order valence-corrected chi connectivity index (χ1v) is 24.7. The van der Waals surface area contributed by atoms with Crippen molar-refractivity contribution in [3.05, 3.63) is 108 Å². The first-order chi connectivity index (χ1) is 30.6. The molecule has 0 bridgehead atoms. The number of hydrogen-bond donors (Lipinski definition) is 0. The van der Waals surface area contributed by atoms with E-state index in [1.54, 1.807) is 0 Å². The number of carbonyl (C=O) groups excluding carboxylic acids is 3. The number of piperidine rings is 3. The molecule has 0 spiro atoms. The van der Waals surface area contributed by atoms with Gasteiger partial charge in [-0.2, -0.15) is 0 Å². The van der Waals surface area contributed by atoms with Gasteiger partial charge in [0.25, 0.3) is 0 Å². The fourth-order valence-electron chi connectivity index (χ4n) is 15.2. The van der Waals surface area contributed by atoms with Crippen molar-refractivity contribution < 1.29 is 29.7 Å². The Kier molecular flexibility index (Phi) is 14.4. The summed E-state index contributed by atoms with van der Waals surface area (Å²) in [6.07, 6.45) is 2.46. The molecule has 66 heavy (non-hydrogen) atoms. The zero-order valence-electron chi connectivity index (χ0n) is 42.5. The number of carbonyl (C=O) groups is 3. The Morgan fingerprint density at radius 3 is 1.00 bits per heavy atom. The van der Waals surface area contributed by atoms with Gasteiger partial charge in [-0.25, -0.2) is 0 Å². The first-order valence-electron chi connectivity index (χ1n) is 24.7. The van der Waals surface area contributed by atoms with Crippen molar-refractivity contribution in [2.45, 2.75) is 194 Å². The second-order valence-electron chi connectivity index (χ2n) is 24.4. The minimum absolute atomic E-state index is 0.172. The summed E-state index contributed by atoms with van der Waals surface area (Å²) in [5.74, 6) is -8.87. The van der Waals surface area contributed by atoms with E-state index in [0.29, 0.717) is 38.9 Å².